The highest BCUT2D eigenvalue weighted by molar-refractivity contribution is 5.94. The van der Waals surface area contributed by atoms with Gasteiger partial charge in [-0.15, -0.1) is 0 Å². The lowest BCUT2D eigenvalue weighted by Gasteiger charge is -2.22. The lowest BCUT2D eigenvalue weighted by Crippen LogP contribution is -2.32. The van der Waals surface area contributed by atoms with Gasteiger partial charge in [0.1, 0.15) is 0 Å². The highest BCUT2D eigenvalue weighted by atomic mass is 16.5. The summed E-state index contributed by atoms with van der Waals surface area (Å²) in [5.41, 5.74) is 2.04. The second-order valence-corrected chi connectivity index (χ2v) is 6.02. The molecule has 1 N–H and O–H groups in total. The van der Waals surface area contributed by atoms with Crippen molar-refractivity contribution in [2.75, 3.05) is 19.8 Å². The third-order valence-corrected chi connectivity index (χ3v) is 4.30. The predicted molar refractivity (Wildman–Crippen MR) is 90.8 cm³/mol. The maximum atomic E-state index is 12.2. The van der Waals surface area contributed by atoms with Crippen LogP contribution in [0, 0.1) is 5.92 Å². The molecule has 0 saturated carbocycles. The quantitative estimate of drug-likeness (QED) is 0.926. The lowest BCUT2D eigenvalue weighted by atomic mass is 10.0. The Balaban J connectivity index is 1.63. The molecule has 0 unspecified atom stereocenters. The summed E-state index contributed by atoms with van der Waals surface area (Å²) in [7, 11) is 1.62. The van der Waals surface area contributed by atoms with Gasteiger partial charge in [0.15, 0.2) is 0 Å². The number of nitrogens with zero attached hydrogens (tertiary/aromatic N) is 2. The molecule has 1 amide bonds. The molecule has 2 aromatic rings. The number of carbonyl (C=O) groups is 1. The zero-order chi connectivity index (χ0) is 16.9. The molecule has 126 valence electrons. The van der Waals surface area contributed by atoms with Crippen molar-refractivity contribution in [1.29, 1.82) is 0 Å². The van der Waals surface area contributed by atoms with Crippen LogP contribution in [0.1, 0.15) is 23.2 Å². The monoisotopic (exact) mass is 327 g/mol. The van der Waals surface area contributed by atoms with Gasteiger partial charge in [-0.25, -0.2) is 4.68 Å². The van der Waals surface area contributed by atoms with Gasteiger partial charge in [0.05, 0.1) is 5.69 Å². The molecule has 1 aliphatic rings. The smallest absolute Gasteiger partial charge is 0.266 e. The second kappa shape index (κ2) is 7.40. The number of aryl methyl sites for hydroxylation is 1. The van der Waals surface area contributed by atoms with Gasteiger partial charge in [-0.2, -0.15) is 5.10 Å². The Bertz CT molecular complexity index is 762. The topological polar surface area (TPSA) is 73.2 Å². The molecule has 1 aromatic carbocycles. The van der Waals surface area contributed by atoms with Gasteiger partial charge in [-0.1, -0.05) is 12.1 Å². The number of benzene rings is 1. The van der Waals surface area contributed by atoms with Crippen LogP contribution in [-0.2, 0) is 11.8 Å². The van der Waals surface area contributed by atoms with E-state index in [0.717, 1.165) is 31.6 Å². The fraction of sp³-hybridized carbons (Fsp3) is 0.389. The number of carbonyl (C=O) groups excluding carboxylic acids is 1. The number of aromatic nitrogens is 2. The van der Waals surface area contributed by atoms with Gasteiger partial charge in [-0.3, -0.25) is 9.59 Å². The van der Waals surface area contributed by atoms with Crippen LogP contribution < -0.4 is 10.9 Å². The molecule has 6 heteroatoms. The molecule has 3 rings (SSSR count). The van der Waals surface area contributed by atoms with Crippen molar-refractivity contribution in [2.24, 2.45) is 13.0 Å². The summed E-state index contributed by atoms with van der Waals surface area (Å²) in [5.74, 6) is 0.429. The largest absolute Gasteiger partial charge is 0.381 e. The summed E-state index contributed by atoms with van der Waals surface area (Å²) < 4.78 is 6.62. The summed E-state index contributed by atoms with van der Waals surface area (Å²) in [4.78, 5) is 23.6. The molecule has 6 nitrogen and oxygen atoms in total. The van der Waals surface area contributed by atoms with Crippen LogP contribution in [0.15, 0.2) is 41.2 Å². The predicted octanol–water partition coefficient (Wildman–Crippen LogP) is 1.60. The first kappa shape index (κ1) is 16.4. The van der Waals surface area contributed by atoms with Crippen molar-refractivity contribution in [3.05, 3.63) is 52.3 Å². The van der Waals surface area contributed by atoms with E-state index in [1.807, 2.05) is 12.1 Å². The molecule has 0 bridgehead atoms. The Morgan fingerprint density at radius 2 is 1.92 bits per heavy atom. The van der Waals surface area contributed by atoms with E-state index < -0.39 is 0 Å². The van der Waals surface area contributed by atoms with Crippen molar-refractivity contribution < 1.29 is 9.53 Å². The Hall–Kier alpha value is -2.47. The Morgan fingerprint density at radius 3 is 2.58 bits per heavy atom. The molecule has 1 fully saturated rings. The minimum atomic E-state index is -0.150. The van der Waals surface area contributed by atoms with Crippen molar-refractivity contribution in [3.63, 3.8) is 0 Å². The number of ether oxygens (including phenoxy) is 1. The Labute approximate surface area is 140 Å². The molecule has 24 heavy (non-hydrogen) atoms. The van der Waals surface area contributed by atoms with Crippen LogP contribution in [0.5, 0.6) is 0 Å². The summed E-state index contributed by atoms with van der Waals surface area (Å²) in [5, 5.41) is 7.20. The van der Waals surface area contributed by atoms with Crippen LogP contribution in [0.4, 0.5) is 0 Å². The average Bonchev–Trinajstić information content (AvgIpc) is 2.63. The van der Waals surface area contributed by atoms with Gasteiger partial charge in [-0.05, 0) is 37.0 Å². The third kappa shape index (κ3) is 3.89. The molecule has 0 radical (unpaired) electrons. The minimum absolute atomic E-state index is 0.0681. The number of rotatable bonds is 4. The zero-order valence-corrected chi connectivity index (χ0v) is 13.7. The molecule has 0 aliphatic carbocycles. The first-order chi connectivity index (χ1) is 11.6. The molecular weight excluding hydrogens is 306 g/mol. The zero-order valence-electron chi connectivity index (χ0n) is 13.7. The van der Waals surface area contributed by atoms with E-state index in [1.54, 1.807) is 25.2 Å². The summed E-state index contributed by atoms with van der Waals surface area (Å²) in [6, 6.07) is 10.4. The maximum absolute atomic E-state index is 12.2. The number of nitrogens with one attached hydrogen (secondary N) is 1. The normalized spacial score (nSPS) is 15.2. The van der Waals surface area contributed by atoms with E-state index in [2.05, 4.69) is 10.4 Å². The van der Waals surface area contributed by atoms with Crippen molar-refractivity contribution in [1.82, 2.24) is 15.1 Å². The van der Waals surface area contributed by atoms with Crippen LogP contribution >= 0.6 is 0 Å². The summed E-state index contributed by atoms with van der Waals surface area (Å²) in [6.45, 7) is 2.25. The maximum Gasteiger partial charge on any atom is 0.266 e. The van der Waals surface area contributed by atoms with Crippen LogP contribution in [0.2, 0.25) is 0 Å². The van der Waals surface area contributed by atoms with Crippen LogP contribution in [0.3, 0.4) is 0 Å². The van der Waals surface area contributed by atoms with Gasteiger partial charge in [0.2, 0.25) is 0 Å². The van der Waals surface area contributed by atoms with E-state index in [-0.39, 0.29) is 11.5 Å². The fourth-order valence-electron chi connectivity index (χ4n) is 2.74. The highest BCUT2D eigenvalue weighted by Gasteiger charge is 2.15. The van der Waals surface area contributed by atoms with Crippen LogP contribution in [0.25, 0.3) is 11.3 Å². The third-order valence-electron chi connectivity index (χ3n) is 4.30. The highest BCUT2D eigenvalue weighted by Crippen LogP contribution is 2.17. The molecule has 1 saturated heterocycles. The van der Waals surface area contributed by atoms with E-state index in [1.165, 1.54) is 10.7 Å². The first-order valence-electron chi connectivity index (χ1n) is 8.14. The van der Waals surface area contributed by atoms with Crippen molar-refractivity contribution in [3.8, 4) is 11.3 Å². The Kier molecular flexibility index (Phi) is 5.05. The molecule has 1 aliphatic heterocycles. The molecular formula is C18H21N3O3. The molecule has 0 atom stereocenters. The summed E-state index contributed by atoms with van der Waals surface area (Å²) >= 11 is 0. The van der Waals surface area contributed by atoms with E-state index in [0.29, 0.717) is 23.7 Å². The number of hydrogen-bond acceptors (Lipinski definition) is 4. The molecule has 0 spiro atoms. The van der Waals surface area contributed by atoms with E-state index >= 15 is 0 Å². The lowest BCUT2D eigenvalue weighted by molar-refractivity contribution is 0.0642. The average molecular weight is 327 g/mol. The fourth-order valence-corrected chi connectivity index (χ4v) is 2.74. The van der Waals surface area contributed by atoms with Gasteiger partial charge < -0.3 is 10.1 Å². The van der Waals surface area contributed by atoms with Gasteiger partial charge in [0, 0.05) is 44.0 Å². The number of amides is 1. The first-order valence-corrected chi connectivity index (χ1v) is 8.14. The van der Waals surface area contributed by atoms with Gasteiger partial charge >= 0.3 is 0 Å². The van der Waals surface area contributed by atoms with E-state index in [4.69, 9.17) is 4.74 Å². The van der Waals surface area contributed by atoms with E-state index in [9.17, 15) is 9.59 Å². The number of hydrogen-bond donors (Lipinski definition) is 1. The van der Waals surface area contributed by atoms with Crippen molar-refractivity contribution in [2.45, 2.75) is 12.8 Å². The van der Waals surface area contributed by atoms with Crippen LogP contribution in [-0.4, -0.2) is 35.4 Å². The second-order valence-electron chi connectivity index (χ2n) is 6.02. The minimum Gasteiger partial charge on any atom is -0.381 e. The SMILES string of the molecule is Cn1nc(-c2ccc(C(=O)NCC3CCOCC3)cc2)ccc1=O. The summed E-state index contributed by atoms with van der Waals surface area (Å²) in [6.07, 6.45) is 2.00. The molecule has 2 heterocycles. The standard InChI is InChI=1S/C18H21N3O3/c1-21-17(22)7-6-16(20-21)14-2-4-15(5-3-14)18(23)19-12-13-8-10-24-11-9-13/h2-7,13H,8-12H2,1H3,(H,19,23). The van der Waals surface area contributed by atoms with Gasteiger partial charge in [0.25, 0.3) is 11.5 Å². The Morgan fingerprint density at radius 1 is 1.21 bits per heavy atom. The molecule has 1 aromatic heterocycles. The van der Waals surface area contributed by atoms with Crippen molar-refractivity contribution >= 4 is 5.91 Å².